The first kappa shape index (κ1) is 19.5. The Kier molecular flexibility index (Phi) is 7.52. The number of aromatic nitrogens is 3. The van der Waals surface area contributed by atoms with Crippen LogP contribution in [0.4, 0.5) is 0 Å². The van der Waals surface area contributed by atoms with E-state index in [1.807, 2.05) is 6.26 Å². The van der Waals surface area contributed by atoms with Gasteiger partial charge in [0.15, 0.2) is 10.9 Å². The van der Waals surface area contributed by atoms with E-state index < -0.39 is 0 Å². The van der Waals surface area contributed by atoms with Crippen molar-refractivity contribution in [1.82, 2.24) is 20.1 Å². The molecule has 0 saturated heterocycles. The van der Waals surface area contributed by atoms with Crippen LogP contribution < -0.4 is 5.32 Å². The van der Waals surface area contributed by atoms with E-state index in [4.69, 9.17) is 9.15 Å². The fourth-order valence-corrected chi connectivity index (χ4v) is 2.98. The van der Waals surface area contributed by atoms with Crippen LogP contribution in [0.5, 0.6) is 0 Å². The number of furan rings is 1. The molecule has 2 aromatic heterocycles. The van der Waals surface area contributed by atoms with Gasteiger partial charge in [-0.25, -0.2) is 0 Å². The van der Waals surface area contributed by atoms with E-state index in [1.54, 1.807) is 31.0 Å². The number of rotatable bonds is 10. The first-order valence-corrected chi connectivity index (χ1v) is 9.59. The molecule has 1 N–H and O–H groups in total. The normalized spacial score (nSPS) is 11.2. The molecule has 2 heterocycles. The molecule has 0 aliphatic rings. The number of aryl methyl sites for hydroxylation is 1. The quantitative estimate of drug-likeness (QED) is 0.514. The molecule has 8 heteroatoms. The molecule has 0 aliphatic carbocycles. The highest BCUT2D eigenvalue weighted by atomic mass is 32.2. The first-order valence-electron chi connectivity index (χ1n) is 8.37. The maximum absolute atomic E-state index is 12.1. The average molecular weight is 366 g/mol. The second kappa shape index (κ2) is 9.62. The Morgan fingerprint density at radius 2 is 2.20 bits per heavy atom. The van der Waals surface area contributed by atoms with Gasteiger partial charge in [0, 0.05) is 26.6 Å². The van der Waals surface area contributed by atoms with Crippen LogP contribution in [0.25, 0.3) is 0 Å². The zero-order valence-corrected chi connectivity index (χ0v) is 16.1. The van der Waals surface area contributed by atoms with E-state index in [9.17, 15) is 4.79 Å². The van der Waals surface area contributed by atoms with Crippen LogP contribution in [0.2, 0.25) is 0 Å². The average Bonchev–Trinajstić information content (AvgIpc) is 3.19. The van der Waals surface area contributed by atoms with E-state index in [-0.39, 0.29) is 5.91 Å². The second-order valence-electron chi connectivity index (χ2n) is 6.17. The van der Waals surface area contributed by atoms with Gasteiger partial charge in [0.25, 0.3) is 5.91 Å². The molecule has 2 aromatic rings. The largest absolute Gasteiger partial charge is 0.453 e. The Labute approximate surface area is 152 Å². The third kappa shape index (κ3) is 5.61. The van der Waals surface area contributed by atoms with Crippen LogP contribution in [0.3, 0.4) is 0 Å². The number of nitrogens with one attached hydrogen (secondary N) is 1. The predicted molar refractivity (Wildman–Crippen MR) is 96.7 cm³/mol. The van der Waals surface area contributed by atoms with Crippen LogP contribution in [0.1, 0.15) is 42.4 Å². The molecule has 0 fully saturated rings. The van der Waals surface area contributed by atoms with E-state index in [2.05, 4.69) is 33.9 Å². The van der Waals surface area contributed by atoms with Crippen molar-refractivity contribution in [3.63, 3.8) is 0 Å². The summed E-state index contributed by atoms with van der Waals surface area (Å²) in [6.45, 7) is 6.17. The Bertz CT molecular complexity index is 681. The van der Waals surface area contributed by atoms with Gasteiger partial charge >= 0.3 is 0 Å². The molecule has 0 bridgehead atoms. The summed E-state index contributed by atoms with van der Waals surface area (Å²) in [5.41, 5.74) is 0. The summed E-state index contributed by atoms with van der Waals surface area (Å²) in [6, 6.07) is 3.41. The van der Waals surface area contributed by atoms with Crippen molar-refractivity contribution >= 4 is 17.7 Å². The summed E-state index contributed by atoms with van der Waals surface area (Å²) in [6.07, 6.45) is 3.57. The third-order valence-corrected chi connectivity index (χ3v) is 4.23. The molecule has 0 spiro atoms. The number of methoxy groups -OCH3 is 1. The number of hydrogen-bond donors (Lipinski definition) is 1. The summed E-state index contributed by atoms with van der Waals surface area (Å²) < 4.78 is 12.6. The van der Waals surface area contributed by atoms with Crippen LogP contribution in [0, 0.1) is 5.92 Å². The van der Waals surface area contributed by atoms with Crippen LogP contribution >= 0.6 is 11.8 Å². The Morgan fingerprint density at radius 1 is 1.40 bits per heavy atom. The molecule has 0 unspecified atom stereocenters. The zero-order valence-electron chi connectivity index (χ0n) is 15.2. The fourth-order valence-electron chi connectivity index (χ4n) is 2.46. The van der Waals surface area contributed by atoms with Crippen LogP contribution in [-0.4, -0.2) is 40.6 Å². The number of carbonyl (C=O) groups is 1. The molecule has 25 heavy (non-hydrogen) atoms. The van der Waals surface area contributed by atoms with Crippen molar-refractivity contribution < 1.29 is 13.9 Å². The predicted octanol–water partition coefficient (Wildman–Crippen LogP) is 2.76. The summed E-state index contributed by atoms with van der Waals surface area (Å²) >= 11 is 1.60. The number of hydrogen-bond acceptors (Lipinski definition) is 6. The molecular formula is C17H26N4O3S. The lowest BCUT2D eigenvalue weighted by molar-refractivity contribution is 0.0916. The molecule has 0 radical (unpaired) electrons. The number of amides is 1. The maximum atomic E-state index is 12.1. The number of thioether (sulfide) groups is 1. The van der Waals surface area contributed by atoms with E-state index >= 15 is 0 Å². The minimum absolute atomic E-state index is 0.212. The number of nitrogens with zero attached hydrogens (tertiary/aromatic N) is 3. The highest BCUT2D eigenvalue weighted by Crippen LogP contribution is 2.16. The Hall–Kier alpha value is -1.80. The fraction of sp³-hybridized carbons (Fsp3) is 0.588. The molecule has 138 valence electrons. The maximum Gasteiger partial charge on any atom is 0.286 e. The summed E-state index contributed by atoms with van der Waals surface area (Å²) in [5, 5.41) is 12.3. The van der Waals surface area contributed by atoms with Gasteiger partial charge in [-0.2, -0.15) is 0 Å². The van der Waals surface area contributed by atoms with E-state index in [1.165, 1.54) is 0 Å². The molecule has 0 atom stereocenters. The highest BCUT2D eigenvalue weighted by Gasteiger charge is 2.13. The summed E-state index contributed by atoms with van der Waals surface area (Å²) in [7, 11) is 1.59. The summed E-state index contributed by atoms with van der Waals surface area (Å²) in [4.78, 5) is 12.1. The lowest BCUT2D eigenvalue weighted by Crippen LogP contribution is -2.24. The second-order valence-corrected chi connectivity index (χ2v) is 6.94. The Balaban J connectivity index is 1.82. The first-order chi connectivity index (χ1) is 12.0. The van der Waals surface area contributed by atoms with E-state index in [0.717, 1.165) is 30.4 Å². The van der Waals surface area contributed by atoms with Gasteiger partial charge in [0.05, 0.1) is 0 Å². The molecule has 2 rings (SSSR count). The van der Waals surface area contributed by atoms with Gasteiger partial charge in [0.2, 0.25) is 0 Å². The molecular weight excluding hydrogens is 340 g/mol. The van der Waals surface area contributed by atoms with Gasteiger partial charge in [-0.1, -0.05) is 25.6 Å². The van der Waals surface area contributed by atoms with Crippen molar-refractivity contribution in [2.45, 2.75) is 45.0 Å². The monoisotopic (exact) mass is 366 g/mol. The topological polar surface area (TPSA) is 82.2 Å². The molecule has 1 amide bonds. The third-order valence-electron chi connectivity index (χ3n) is 3.56. The van der Waals surface area contributed by atoms with Gasteiger partial charge in [-0.3, -0.25) is 4.79 Å². The lowest BCUT2D eigenvalue weighted by atomic mass is 10.2. The summed E-state index contributed by atoms with van der Waals surface area (Å²) in [5.74, 6) is 2.22. The lowest BCUT2D eigenvalue weighted by Gasteiger charge is -2.11. The van der Waals surface area contributed by atoms with Crippen molar-refractivity contribution in [3.8, 4) is 0 Å². The van der Waals surface area contributed by atoms with Crippen molar-refractivity contribution in [2.75, 3.05) is 19.9 Å². The number of ether oxygens (including phenoxy) is 1. The van der Waals surface area contributed by atoms with Gasteiger partial charge in [-0.15, -0.1) is 10.2 Å². The zero-order chi connectivity index (χ0) is 18.2. The smallest absolute Gasteiger partial charge is 0.286 e. The standard InChI is InChI=1S/C17H26N4O3S/c1-12(2)10-21-15(19-20-17(21)25-4)6-5-9-18-16(22)14-8-7-13(24-14)11-23-3/h7-8,12H,5-6,9-11H2,1-4H3,(H,18,22). The molecule has 7 nitrogen and oxygen atoms in total. The van der Waals surface area contributed by atoms with E-state index in [0.29, 0.717) is 30.6 Å². The van der Waals surface area contributed by atoms with Gasteiger partial charge < -0.3 is 19.0 Å². The highest BCUT2D eigenvalue weighted by molar-refractivity contribution is 7.98. The minimum atomic E-state index is -0.212. The Morgan fingerprint density at radius 3 is 2.88 bits per heavy atom. The van der Waals surface area contributed by atoms with Gasteiger partial charge in [-0.05, 0) is 30.7 Å². The van der Waals surface area contributed by atoms with Crippen molar-refractivity contribution in [3.05, 3.63) is 29.5 Å². The SMILES string of the molecule is COCc1ccc(C(=O)NCCCc2nnc(SC)n2CC(C)C)o1. The van der Waals surface area contributed by atoms with Gasteiger partial charge in [0.1, 0.15) is 18.2 Å². The molecule has 0 aliphatic heterocycles. The minimum Gasteiger partial charge on any atom is -0.453 e. The molecule has 0 saturated carbocycles. The molecule has 0 aromatic carbocycles. The van der Waals surface area contributed by atoms with Crippen molar-refractivity contribution in [2.24, 2.45) is 5.92 Å². The number of carbonyl (C=O) groups excluding carboxylic acids is 1. The van der Waals surface area contributed by atoms with Crippen LogP contribution in [0.15, 0.2) is 21.7 Å². The van der Waals surface area contributed by atoms with Crippen molar-refractivity contribution in [1.29, 1.82) is 0 Å². The van der Waals surface area contributed by atoms with Crippen LogP contribution in [-0.2, 0) is 24.3 Å².